The highest BCUT2D eigenvalue weighted by atomic mass is 32.1. The van der Waals surface area contributed by atoms with Crippen molar-refractivity contribution in [1.29, 1.82) is 0 Å². The van der Waals surface area contributed by atoms with E-state index in [9.17, 15) is 0 Å². The Morgan fingerprint density at radius 3 is 2.45 bits per heavy atom. The second-order valence-electron chi connectivity index (χ2n) is 5.85. The van der Waals surface area contributed by atoms with Gasteiger partial charge in [-0.2, -0.15) is 11.3 Å². The lowest BCUT2D eigenvalue weighted by Crippen LogP contribution is -2.19. The number of thiophene rings is 1. The molecule has 2 aromatic heterocycles. The first-order valence-electron chi connectivity index (χ1n) is 6.73. The van der Waals surface area contributed by atoms with Crippen molar-refractivity contribution in [2.24, 2.45) is 0 Å². The second kappa shape index (κ2) is 5.79. The molecule has 0 unspecified atom stereocenters. The molecule has 0 spiro atoms. The lowest BCUT2D eigenvalue weighted by atomic mass is 9.95. The van der Waals surface area contributed by atoms with Crippen molar-refractivity contribution in [3.05, 3.63) is 33.8 Å². The Hall–Kier alpha value is -1.62. The van der Waals surface area contributed by atoms with Crippen molar-refractivity contribution in [2.45, 2.75) is 39.7 Å². The maximum atomic E-state index is 4.69. The van der Waals surface area contributed by atoms with E-state index in [2.05, 4.69) is 53.2 Å². The van der Waals surface area contributed by atoms with Gasteiger partial charge in [-0.15, -0.1) is 0 Å². The van der Waals surface area contributed by atoms with Gasteiger partial charge in [-0.25, -0.2) is 9.97 Å². The molecule has 2 aromatic rings. The van der Waals surface area contributed by atoms with Gasteiger partial charge in [-0.3, -0.25) is 0 Å². The number of anilines is 2. The molecule has 0 bridgehead atoms. The standard InChI is InChI=1S/C15H22N4S/c1-10-12(16-5)18-14(15(2,3)4)19-13(10)17-8-11-6-7-20-9-11/h6-7,9H,8H2,1-5H3,(H2,16,17,18,19). The van der Waals surface area contributed by atoms with Crippen LogP contribution in [0.1, 0.15) is 37.7 Å². The molecule has 2 heterocycles. The molecule has 4 nitrogen and oxygen atoms in total. The maximum absolute atomic E-state index is 4.69. The van der Waals surface area contributed by atoms with Crippen LogP contribution in [0, 0.1) is 6.92 Å². The molecule has 0 amide bonds. The first-order valence-corrected chi connectivity index (χ1v) is 7.68. The average Bonchev–Trinajstić information content (AvgIpc) is 2.89. The summed E-state index contributed by atoms with van der Waals surface area (Å²) in [7, 11) is 1.89. The van der Waals surface area contributed by atoms with Gasteiger partial charge in [-0.05, 0) is 29.3 Å². The SMILES string of the molecule is CNc1nc(C(C)(C)C)nc(NCc2ccsc2)c1C. The van der Waals surface area contributed by atoms with E-state index in [0.717, 1.165) is 29.6 Å². The molecule has 0 aromatic carbocycles. The predicted octanol–water partition coefficient (Wildman–Crippen LogP) is 3.80. The number of rotatable bonds is 4. The Labute approximate surface area is 124 Å². The fraction of sp³-hybridized carbons (Fsp3) is 0.467. The zero-order valence-electron chi connectivity index (χ0n) is 12.7. The van der Waals surface area contributed by atoms with Crippen molar-refractivity contribution < 1.29 is 0 Å². The Bertz CT molecular complexity index is 570. The van der Waals surface area contributed by atoms with Gasteiger partial charge in [0.05, 0.1) is 0 Å². The summed E-state index contributed by atoms with van der Waals surface area (Å²) < 4.78 is 0. The van der Waals surface area contributed by atoms with Crippen LogP contribution >= 0.6 is 11.3 Å². The largest absolute Gasteiger partial charge is 0.373 e. The summed E-state index contributed by atoms with van der Waals surface area (Å²) >= 11 is 1.71. The number of hydrogen-bond donors (Lipinski definition) is 2. The van der Waals surface area contributed by atoms with Gasteiger partial charge in [0.2, 0.25) is 0 Å². The Morgan fingerprint density at radius 2 is 1.90 bits per heavy atom. The molecule has 0 atom stereocenters. The van der Waals surface area contributed by atoms with Crippen LogP contribution in [0.5, 0.6) is 0 Å². The van der Waals surface area contributed by atoms with Crippen LogP contribution in [-0.4, -0.2) is 17.0 Å². The predicted molar refractivity (Wildman–Crippen MR) is 86.7 cm³/mol. The molecule has 0 aliphatic heterocycles. The van der Waals surface area contributed by atoms with Crippen molar-refractivity contribution >= 4 is 23.0 Å². The Morgan fingerprint density at radius 1 is 1.20 bits per heavy atom. The topological polar surface area (TPSA) is 49.8 Å². The number of nitrogens with one attached hydrogen (secondary N) is 2. The summed E-state index contributed by atoms with van der Waals surface area (Å²) in [5.41, 5.74) is 2.25. The van der Waals surface area contributed by atoms with Crippen molar-refractivity contribution in [3.63, 3.8) is 0 Å². The third-order valence-electron chi connectivity index (χ3n) is 3.09. The molecule has 20 heavy (non-hydrogen) atoms. The number of nitrogens with zero attached hydrogens (tertiary/aromatic N) is 2. The van der Waals surface area contributed by atoms with Gasteiger partial charge >= 0.3 is 0 Å². The fourth-order valence-corrected chi connectivity index (χ4v) is 2.52. The van der Waals surface area contributed by atoms with Gasteiger partial charge in [0.15, 0.2) is 0 Å². The van der Waals surface area contributed by atoms with E-state index in [1.165, 1.54) is 5.56 Å². The Balaban J connectivity index is 2.30. The molecule has 0 saturated heterocycles. The molecule has 0 fully saturated rings. The normalized spacial score (nSPS) is 11.4. The number of hydrogen-bond acceptors (Lipinski definition) is 5. The Kier molecular flexibility index (Phi) is 4.28. The fourth-order valence-electron chi connectivity index (χ4n) is 1.85. The quantitative estimate of drug-likeness (QED) is 0.899. The highest BCUT2D eigenvalue weighted by Crippen LogP contribution is 2.26. The second-order valence-corrected chi connectivity index (χ2v) is 6.63. The van der Waals surface area contributed by atoms with Crippen LogP contribution in [0.25, 0.3) is 0 Å². The minimum Gasteiger partial charge on any atom is -0.373 e. The van der Waals surface area contributed by atoms with Gasteiger partial charge in [0, 0.05) is 24.6 Å². The molecule has 2 rings (SSSR count). The minimum absolute atomic E-state index is 0.0713. The smallest absolute Gasteiger partial charge is 0.138 e. The van der Waals surface area contributed by atoms with Crippen LogP contribution in [-0.2, 0) is 12.0 Å². The van der Waals surface area contributed by atoms with Gasteiger partial charge in [-0.1, -0.05) is 20.8 Å². The summed E-state index contributed by atoms with van der Waals surface area (Å²) in [6.45, 7) is 9.20. The van der Waals surface area contributed by atoms with E-state index in [1.54, 1.807) is 11.3 Å². The molecule has 0 aliphatic rings. The van der Waals surface area contributed by atoms with Crippen LogP contribution in [0.2, 0.25) is 0 Å². The average molecular weight is 290 g/mol. The van der Waals surface area contributed by atoms with Crippen LogP contribution < -0.4 is 10.6 Å². The van der Waals surface area contributed by atoms with Crippen molar-refractivity contribution in [1.82, 2.24) is 9.97 Å². The summed E-state index contributed by atoms with van der Waals surface area (Å²) in [5, 5.41) is 10.8. The van der Waals surface area contributed by atoms with Crippen LogP contribution in [0.15, 0.2) is 16.8 Å². The van der Waals surface area contributed by atoms with Crippen LogP contribution in [0.4, 0.5) is 11.6 Å². The van der Waals surface area contributed by atoms with E-state index in [1.807, 2.05) is 14.0 Å². The minimum atomic E-state index is -0.0713. The highest BCUT2D eigenvalue weighted by molar-refractivity contribution is 7.07. The molecule has 0 saturated carbocycles. The summed E-state index contributed by atoms with van der Waals surface area (Å²) in [5.74, 6) is 2.64. The molecular formula is C15H22N4S. The zero-order chi connectivity index (χ0) is 14.8. The third kappa shape index (κ3) is 3.28. The van der Waals surface area contributed by atoms with Crippen molar-refractivity contribution in [2.75, 3.05) is 17.7 Å². The molecule has 108 valence electrons. The maximum Gasteiger partial charge on any atom is 0.138 e. The van der Waals surface area contributed by atoms with Crippen LogP contribution in [0.3, 0.4) is 0 Å². The number of aromatic nitrogens is 2. The van der Waals surface area contributed by atoms with Gasteiger partial charge in [0.25, 0.3) is 0 Å². The molecule has 2 N–H and O–H groups in total. The van der Waals surface area contributed by atoms with E-state index in [0.29, 0.717) is 0 Å². The summed E-state index contributed by atoms with van der Waals surface area (Å²) in [4.78, 5) is 9.30. The monoisotopic (exact) mass is 290 g/mol. The van der Waals surface area contributed by atoms with E-state index in [-0.39, 0.29) is 5.41 Å². The molecule has 0 aliphatic carbocycles. The zero-order valence-corrected chi connectivity index (χ0v) is 13.6. The van der Waals surface area contributed by atoms with E-state index >= 15 is 0 Å². The van der Waals surface area contributed by atoms with Gasteiger partial charge < -0.3 is 10.6 Å². The lowest BCUT2D eigenvalue weighted by molar-refractivity contribution is 0.546. The lowest BCUT2D eigenvalue weighted by Gasteiger charge is -2.20. The molecule has 5 heteroatoms. The van der Waals surface area contributed by atoms with Gasteiger partial charge in [0.1, 0.15) is 17.5 Å². The summed E-state index contributed by atoms with van der Waals surface area (Å²) in [6.07, 6.45) is 0. The van der Waals surface area contributed by atoms with Crippen molar-refractivity contribution in [3.8, 4) is 0 Å². The van der Waals surface area contributed by atoms with E-state index in [4.69, 9.17) is 4.98 Å². The molecular weight excluding hydrogens is 268 g/mol. The third-order valence-corrected chi connectivity index (χ3v) is 3.83. The first kappa shape index (κ1) is 14.8. The van der Waals surface area contributed by atoms with E-state index < -0.39 is 0 Å². The first-order chi connectivity index (χ1) is 9.41. The summed E-state index contributed by atoms with van der Waals surface area (Å²) in [6, 6.07) is 2.12. The molecule has 0 radical (unpaired) electrons. The highest BCUT2D eigenvalue weighted by Gasteiger charge is 2.20.